The SMILES string of the molecule is NC(N)=NSC(=O)O. The van der Waals surface area contributed by atoms with Crippen LogP contribution in [0.1, 0.15) is 0 Å². The summed E-state index contributed by atoms with van der Waals surface area (Å²) in [5, 5.41) is 6.78. The highest BCUT2D eigenvalue weighted by atomic mass is 32.2. The molecule has 0 saturated carbocycles. The molecule has 0 aromatic rings. The first-order valence-corrected chi connectivity index (χ1v) is 2.39. The van der Waals surface area contributed by atoms with Crippen molar-refractivity contribution >= 4 is 23.2 Å². The van der Waals surface area contributed by atoms with Gasteiger partial charge < -0.3 is 16.6 Å². The Morgan fingerprint density at radius 3 is 2.25 bits per heavy atom. The van der Waals surface area contributed by atoms with E-state index in [-0.39, 0.29) is 5.96 Å². The molecule has 0 aromatic heterocycles. The summed E-state index contributed by atoms with van der Waals surface area (Å²) in [5.74, 6) is -0.239. The van der Waals surface area contributed by atoms with Gasteiger partial charge >= 0.3 is 5.30 Å². The molecular formula is C2H5N3O2S. The molecule has 0 aliphatic heterocycles. The van der Waals surface area contributed by atoms with E-state index in [1.807, 2.05) is 0 Å². The second-order valence-corrected chi connectivity index (χ2v) is 1.59. The number of rotatable bonds is 1. The Morgan fingerprint density at radius 2 is 2.12 bits per heavy atom. The third kappa shape index (κ3) is 5.09. The maximum atomic E-state index is 9.65. The fourth-order valence-corrected chi connectivity index (χ4v) is 0.275. The Kier molecular flexibility index (Phi) is 2.78. The average molecular weight is 135 g/mol. The smallest absolute Gasteiger partial charge is 0.387 e. The molecule has 0 saturated heterocycles. The van der Waals surface area contributed by atoms with Crippen LogP contribution in [-0.4, -0.2) is 16.4 Å². The number of carbonyl (C=O) groups is 1. The quantitative estimate of drug-likeness (QED) is 0.257. The standard InChI is InChI=1S/C2H5N3O2S/c3-1(4)5-8-2(6)7/h(H,6,7)(H4,3,4,5). The van der Waals surface area contributed by atoms with Crippen molar-refractivity contribution in [2.75, 3.05) is 0 Å². The minimum absolute atomic E-state index is 0.239. The van der Waals surface area contributed by atoms with Gasteiger partial charge in [-0.1, -0.05) is 0 Å². The molecule has 0 fully saturated rings. The molecule has 0 amide bonds. The van der Waals surface area contributed by atoms with Crippen molar-refractivity contribution in [3.8, 4) is 0 Å². The van der Waals surface area contributed by atoms with Gasteiger partial charge in [0.1, 0.15) is 0 Å². The van der Waals surface area contributed by atoms with E-state index in [9.17, 15) is 4.79 Å². The van der Waals surface area contributed by atoms with Gasteiger partial charge in [-0.05, 0) is 0 Å². The lowest BCUT2D eigenvalue weighted by molar-refractivity contribution is 0.222. The Bertz CT molecular complexity index is 118. The van der Waals surface area contributed by atoms with Crippen LogP contribution >= 0.6 is 11.9 Å². The maximum Gasteiger partial charge on any atom is 0.387 e. The molecule has 0 spiro atoms. The van der Waals surface area contributed by atoms with Gasteiger partial charge in [0.2, 0.25) is 0 Å². The van der Waals surface area contributed by atoms with Crippen LogP contribution in [0.25, 0.3) is 0 Å². The average Bonchev–Trinajstić information content (AvgIpc) is 1.61. The molecule has 0 radical (unpaired) electrons. The van der Waals surface area contributed by atoms with Crippen molar-refractivity contribution < 1.29 is 9.90 Å². The molecule has 0 aliphatic carbocycles. The fraction of sp³-hybridized carbons (Fsp3) is 0. The van der Waals surface area contributed by atoms with Gasteiger partial charge in [-0.15, -0.1) is 0 Å². The number of carboxylic acid groups (broad SMARTS) is 1. The molecule has 0 aliphatic rings. The van der Waals surface area contributed by atoms with E-state index in [1.54, 1.807) is 0 Å². The Balaban J connectivity index is 3.45. The summed E-state index contributed by atoms with van der Waals surface area (Å²) in [6.07, 6.45) is 0. The molecule has 6 heteroatoms. The van der Waals surface area contributed by atoms with Gasteiger partial charge in [-0.25, -0.2) is 4.79 Å². The second-order valence-electron chi connectivity index (χ2n) is 0.873. The zero-order valence-corrected chi connectivity index (χ0v) is 4.68. The van der Waals surface area contributed by atoms with Crippen LogP contribution < -0.4 is 11.5 Å². The van der Waals surface area contributed by atoms with E-state index in [1.165, 1.54) is 0 Å². The zero-order valence-electron chi connectivity index (χ0n) is 3.87. The van der Waals surface area contributed by atoms with E-state index >= 15 is 0 Å². The summed E-state index contributed by atoms with van der Waals surface area (Å²) in [4.78, 5) is 9.65. The minimum Gasteiger partial charge on any atom is -0.472 e. The van der Waals surface area contributed by atoms with Crippen molar-refractivity contribution in [3.05, 3.63) is 0 Å². The van der Waals surface area contributed by atoms with E-state index in [2.05, 4.69) is 4.40 Å². The van der Waals surface area contributed by atoms with Crippen LogP contribution in [0.2, 0.25) is 0 Å². The van der Waals surface area contributed by atoms with Crippen LogP contribution in [0.4, 0.5) is 4.79 Å². The molecular weight excluding hydrogens is 130 g/mol. The Morgan fingerprint density at radius 1 is 1.62 bits per heavy atom. The van der Waals surface area contributed by atoms with Crippen molar-refractivity contribution in [2.24, 2.45) is 15.9 Å². The molecule has 0 rings (SSSR count). The highest BCUT2D eigenvalue weighted by molar-refractivity contribution is 8.12. The number of nitrogens with zero attached hydrogens (tertiary/aromatic N) is 1. The molecule has 46 valence electrons. The van der Waals surface area contributed by atoms with Crippen LogP contribution in [-0.2, 0) is 0 Å². The van der Waals surface area contributed by atoms with Crippen molar-refractivity contribution in [1.29, 1.82) is 0 Å². The predicted octanol–water partition coefficient (Wildman–Crippen LogP) is -0.414. The number of guanidine groups is 1. The van der Waals surface area contributed by atoms with Crippen molar-refractivity contribution in [3.63, 3.8) is 0 Å². The summed E-state index contributed by atoms with van der Waals surface area (Å²) < 4.78 is 3.11. The number of hydrogen-bond acceptors (Lipinski definition) is 3. The minimum atomic E-state index is -1.13. The summed E-state index contributed by atoms with van der Waals surface area (Å²) in [6.45, 7) is 0. The largest absolute Gasteiger partial charge is 0.472 e. The summed E-state index contributed by atoms with van der Waals surface area (Å²) in [7, 11) is 0. The topological polar surface area (TPSA) is 102 Å². The first-order chi connectivity index (χ1) is 3.63. The van der Waals surface area contributed by atoms with Gasteiger partial charge in [-0.2, -0.15) is 4.40 Å². The molecule has 0 aromatic carbocycles. The van der Waals surface area contributed by atoms with Crippen molar-refractivity contribution in [1.82, 2.24) is 0 Å². The van der Waals surface area contributed by atoms with Gasteiger partial charge in [0.15, 0.2) is 5.96 Å². The maximum absolute atomic E-state index is 9.65. The monoisotopic (exact) mass is 135 g/mol. The van der Waals surface area contributed by atoms with Crippen LogP contribution in [0.3, 0.4) is 0 Å². The molecule has 0 unspecified atom stereocenters. The lowest BCUT2D eigenvalue weighted by Gasteiger charge is -1.84. The molecule has 5 N–H and O–H groups in total. The fourth-order valence-electron chi connectivity index (χ4n) is 0.0918. The highest BCUT2D eigenvalue weighted by Gasteiger charge is 1.92. The molecule has 0 atom stereocenters. The Hall–Kier alpha value is -0.910. The zero-order chi connectivity index (χ0) is 6.57. The lowest BCUT2D eigenvalue weighted by atomic mass is 11.1. The summed E-state index contributed by atoms with van der Waals surface area (Å²) in [6, 6.07) is 0. The first kappa shape index (κ1) is 7.09. The molecule has 5 nitrogen and oxygen atoms in total. The third-order valence-electron chi connectivity index (χ3n) is 0.229. The van der Waals surface area contributed by atoms with Gasteiger partial charge in [0.25, 0.3) is 0 Å². The molecule has 0 heterocycles. The number of nitrogens with two attached hydrogens (primary N) is 2. The van der Waals surface area contributed by atoms with E-state index < -0.39 is 5.30 Å². The van der Waals surface area contributed by atoms with E-state index in [0.29, 0.717) is 11.9 Å². The van der Waals surface area contributed by atoms with E-state index in [4.69, 9.17) is 16.6 Å². The third-order valence-corrected chi connectivity index (χ3v) is 0.687. The van der Waals surface area contributed by atoms with Crippen LogP contribution in [0.15, 0.2) is 4.40 Å². The second kappa shape index (κ2) is 3.14. The predicted molar refractivity (Wildman–Crippen MR) is 31.4 cm³/mol. The van der Waals surface area contributed by atoms with Crippen molar-refractivity contribution in [2.45, 2.75) is 0 Å². The van der Waals surface area contributed by atoms with Gasteiger partial charge in [-0.3, -0.25) is 0 Å². The van der Waals surface area contributed by atoms with Gasteiger partial charge in [0, 0.05) is 0 Å². The Labute approximate surface area is 49.9 Å². The highest BCUT2D eigenvalue weighted by Crippen LogP contribution is 1.99. The van der Waals surface area contributed by atoms with E-state index in [0.717, 1.165) is 0 Å². The molecule has 8 heavy (non-hydrogen) atoms. The normalized spacial score (nSPS) is 8.00. The summed E-state index contributed by atoms with van der Waals surface area (Å²) in [5.41, 5.74) is 9.57. The van der Waals surface area contributed by atoms with Crippen LogP contribution in [0, 0.1) is 0 Å². The van der Waals surface area contributed by atoms with Crippen LogP contribution in [0.5, 0.6) is 0 Å². The van der Waals surface area contributed by atoms with Gasteiger partial charge in [0.05, 0.1) is 11.9 Å². The molecule has 0 bridgehead atoms. The number of hydrogen-bond donors (Lipinski definition) is 3. The lowest BCUT2D eigenvalue weighted by Crippen LogP contribution is -2.21. The summed E-state index contributed by atoms with van der Waals surface area (Å²) >= 11 is 0.294. The first-order valence-electron chi connectivity index (χ1n) is 1.62.